The van der Waals surface area contributed by atoms with E-state index in [-0.39, 0.29) is 11.7 Å². The lowest BCUT2D eigenvalue weighted by molar-refractivity contribution is 0.0705. The number of hydrogen-bond donors (Lipinski definition) is 0. The van der Waals surface area contributed by atoms with Crippen LogP contribution in [0.5, 0.6) is 0 Å². The summed E-state index contributed by atoms with van der Waals surface area (Å²) in [5.41, 5.74) is 0.460. The van der Waals surface area contributed by atoms with Crippen molar-refractivity contribution in [3.05, 3.63) is 45.7 Å². The van der Waals surface area contributed by atoms with Crippen LogP contribution in [0.3, 0.4) is 0 Å². The molecule has 2 aromatic rings. The Morgan fingerprint density at radius 3 is 2.83 bits per heavy atom. The summed E-state index contributed by atoms with van der Waals surface area (Å²) < 4.78 is 15.7. The number of carbonyl (C=O) groups excluding carboxylic acids is 1. The SMILES string of the molecule is CC(C)Cc1nnc2n1CCN(C(=O)c1ccc(F)cc1Br)C2. The lowest BCUT2D eigenvalue weighted by atomic mass is 10.1. The molecular formula is C16H18BrFN4O. The van der Waals surface area contributed by atoms with Crippen molar-refractivity contribution in [2.24, 2.45) is 5.92 Å². The molecule has 3 rings (SSSR count). The molecule has 5 nitrogen and oxygen atoms in total. The topological polar surface area (TPSA) is 51.0 Å². The van der Waals surface area contributed by atoms with E-state index in [9.17, 15) is 9.18 Å². The molecular weight excluding hydrogens is 363 g/mol. The van der Waals surface area contributed by atoms with Gasteiger partial charge in [0.15, 0.2) is 5.82 Å². The summed E-state index contributed by atoms with van der Waals surface area (Å²) in [4.78, 5) is 14.4. The van der Waals surface area contributed by atoms with Gasteiger partial charge in [-0.2, -0.15) is 0 Å². The van der Waals surface area contributed by atoms with E-state index in [1.54, 1.807) is 4.90 Å². The highest BCUT2D eigenvalue weighted by molar-refractivity contribution is 9.10. The Morgan fingerprint density at radius 1 is 1.35 bits per heavy atom. The molecule has 1 amide bonds. The first kappa shape index (κ1) is 16.1. The van der Waals surface area contributed by atoms with Gasteiger partial charge in [-0.3, -0.25) is 4.79 Å². The molecule has 7 heteroatoms. The highest BCUT2D eigenvalue weighted by Crippen LogP contribution is 2.22. The first-order valence-corrected chi connectivity index (χ1v) is 8.40. The molecule has 0 bridgehead atoms. The second-order valence-electron chi connectivity index (χ2n) is 6.13. The van der Waals surface area contributed by atoms with Crippen LogP contribution in [-0.4, -0.2) is 32.1 Å². The number of hydrogen-bond acceptors (Lipinski definition) is 3. The van der Waals surface area contributed by atoms with E-state index in [4.69, 9.17) is 0 Å². The van der Waals surface area contributed by atoms with Gasteiger partial charge in [0.2, 0.25) is 0 Å². The van der Waals surface area contributed by atoms with Crippen molar-refractivity contribution in [3.8, 4) is 0 Å². The number of halogens is 2. The lowest BCUT2D eigenvalue weighted by Crippen LogP contribution is -2.39. The molecule has 0 unspecified atom stereocenters. The van der Waals surface area contributed by atoms with Crippen molar-refractivity contribution >= 4 is 21.8 Å². The minimum atomic E-state index is -0.370. The molecule has 0 radical (unpaired) electrons. The third kappa shape index (κ3) is 3.29. The van der Waals surface area contributed by atoms with Crippen LogP contribution >= 0.6 is 15.9 Å². The van der Waals surface area contributed by atoms with Crippen molar-refractivity contribution < 1.29 is 9.18 Å². The Balaban J connectivity index is 1.79. The van der Waals surface area contributed by atoms with Crippen LogP contribution in [0.2, 0.25) is 0 Å². The van der Waals surface area contributed by atoms with E-state index in [0.717, 1.165) is 18.1 Å². The maximum absolute atomic E-state index is 13.2. The number of aromatic nitrogens is 3. The van der Waals surface area contributed by atoms with Crippen LogP contribution in [0.4, 0.5) is 4.39 Å². The Labute approximate surface area is 142 Å². The fraction of sp³-hybridized carbons (Fsp3) is 0.438. The van der Waals surface area contributed by atoms with Crippen molar-refractivity contribution in [1.82, 2.24) is 19.7 Å². The van der Waals surface area contributed by atoms with E-state index in [2.05, 4.69) is 44.5 Å². The van der Waals surface area contributed by atoms with Crippen molar-refractivity contribution in [2.45, 2.75) is 33.4 Å². The van der Waals surface area contributed by atoms with Crippen molar-refractivity contribution in [2.75, 3.05) is 6.54 Å². The summed E-state index contributed by atoms with van der Waals surface area (Å²) in [5.74, 6) is 1.79. The largest absolute Gasteiger partial charge is 0.329 e. The summed E-state index contributed by atoms with van der Waals surface area (Å²) in [7, 11) is 0. The van der Waals surface area contributed by atoms with Gasteiger partial charge in [-0.05, 0) is 40.0 Å². The van der Waals surface area contributed by atoms with Crippen LogP contribution in [-0.2, 0) is 19.5 Å². The summed E-state index contributed by atoms with van der Waals surface area (Å²) >= 11 is 3.26. The third-order valence-corrected chi connectivity index (χ3v) is 4.53. The van der Waals surface area contributed by atoms with E-state index in [1.165, 1.54) is 18.2 Å². The molecule has 0 fully saturated rings. The van der Waals surface area contributed by atoms with Crippen molar-refractivity contribution in [3.63, 3.8) is 0 Å². The van der Waals surface area contributed by atoms with Crippen LogP contribution in [0.25, 0.3) is 0 Å². The predicted octanol–water partition coefficient (Wildman–Crippen LogP) is 3.03. The fourth-order valence-corrected chi connectivity index (χ4v) is 3.26. The number of carbonyl (C=O) groups is 1. The molecule has 1 aromatic heterocycles. The molecule has 1 aliphatic heterocycles. The molecule has 0 saturated heterocycles. The Hall–Kier alpha value is -1.76. The molecule has 1 aromatic carbocycles. The van der Waals surface area contributed by atoms with Gasteiger partial charge < -0.3 is 9.47 Å². The van der Waals surface area contributed by atoms with Gasteiger partial charge in [-0.15, -0.1) is 10.2 Å². The van der Waals surface area contributed by atoms with Crippen LogP contribution in [0.15, 0.2) is 22.7 Å². The van der Waals surface area contributed by atoms with Crippen LogP contribution in [0, 0.1) is 11.7 Å². The first-order valence-electron chi connectivity index (χ1n) is 7.61. The monoisotopic (exact) mass is 380 g/mol. The molecule has 0 aliphatic carbocycles. The number of nitrogens with zero attached hydrogens (tertiary/aromatic N) is 4. The zero-order valence-corrected chi connectivity index (χ0v) is 14.7. The molecule has 0 spiro atoms. The zero-order chi connectivity index (χ0) is 16.6. The normalized spacial score (nSPS) is 14.2. The Bertz CT molecular complexity index is 744. The van der Waals surface area contributed by atoms with Crippen LogP contribution in [0.1, 0.15) is 35.9 Å². The summed E-state index contributed by atoms with van der Waals surface area (Å²) in [6.45, 7) is 6.00. The Morgan fingerprint density at radius 2 is 2.13 bits per heavy atom. The van der Waals surface area contributed by atoms with Gasteiger partial charge in [0, 0.05) is 24.0 Å². The third-order valence-electron chi connectivity index (χ3n) is 3.87. The number of rotatable bonds is 3. The summed E-state index contributed by atoms with van der Waals surface area (Å²) in [5, 5.41) is 8.47. The van der Waals surface area contributed by atoms with E-state index in [0.29, 0.717) is 35.6 Å². The van der Waals surface area contributed by atoms with Gasteiger partial charge in [0.1, 0.15) is 11.6 Å². The molecule has 2 heterocycles. The van der Waals surface area contributed by atoms with Gasteiger partial charge >= 0.3 is 0 Å². The molecule has 23 heavy (non-hydrogen) atoms. The smallest absolute Gasteiger partial charge is 0.255 e. The van der Waals surface area contributed by atoms with Gasteiger partial charge in [-0.25, -0.2) is 4.39 Å². The minimum Gasteiger partial charge on any atom is -0.329 e. The van der Waals surface area contributed by atoms with Gasteiger partial charge in [-0.1, -0.05) is 13.8 Å². The van der Waals surface area contributed by atoms with Gasteiger partial charge in [0.05, 0.1) is 12.1 Å². The number of amides is 1. The first-order chi connectivity index (χ1) is 11.0. The molecule has 122 valence electrons. The predicted molar refractivity (Wildman–Crippen MR) is 87.4 cm³/mol. The maximum Gasteiger partial charge on any atom is 0.255 e. The second-order valence-corrected chi connectivity index (χ2v) is 6.99. The molecule has 0 saturated carbocycles. The van der Waals surface area contributed by atoms with Crippen LogP contribution < -0.4 is 0 Å². The Kier molecular flexibility index (Phi) is 4.48. The molecule has 1 aliphatic rings. The zero-order valence-electron chi connectivity index (χ0n) is 13.1. The van der Waals surface area contributed by atoms with Crippen molar-refractivity contribution in [1.29, 1.82) is 0 Å². The average Bonchev–Trinajstić information content (AvgIpc) is 2.88. The highest BCUT2D eigenvalue weighted by Gasteiger charge is 2.26. The second kappa shape index (κ2) is 6.39. The minimum absolute atomic E-state index is 0.128. The number of benzene rings is 1. The highest BCUT2D eigenvalue weighted by atomic mass is 79.9. The van der Waals surface area contributed by atoms with E-state index in [1.807, 2.05) is 0 Å². The van der Waals surface area contributed by atoms with E-state index < -0.39 is 0 Å². The lowest BCUT2D eigenvalue weighted by Gasteiger charge is -2.28. The standard InChI is InChI=1S/C16H18BrFN4O/c1-10(2)7-14-19-20-15-9-21(5-6-22(14)15)16(23)12-4-3-11(18)8-13(12)17/h3-4,8,10H,5-7,9H2,1-2H3. The average molecular weight is 381 g/mol. The van der Waals surface area contributed by atoms with E-state index >= 15 is 0 Å². The maximum atomic E-state index is 13.2. The fourth-order valence-electron chi connectivity index (χ4n) is 2.74. The molecule has 0 atom stereocenters. The number of fused-ring (bicyclic) bond motifs is 1. The quantitative estimate of drug-likeness (QED) is 0.821. The van der Waals surface area contributed by atoms with Gasteiger partial charge in [0.25, 0.3) is 5.91 Å². The summed E-state index contributed by atoms with van der Waals surface area (Å²) in [6, 6.07) is 4.11. The summed E-state index contributed by atoms with van der Waals surface area (Å²) in [6.07, 6.45) is 0.879. The molecule has 0 N–H and O–H groups in total.